The smallest absolute Gasteiger partial charge is 0.125 e. The summed E-state index contributed by atoms with van der Waals surface area (Å²) in [4.78, 5) is 2.51. The maximum absolute atomic E-state index is 5.52. The zero-order valence-electron chi connectivity index (χ0n) is 12.9. The van der Waals surface area contributed by atoms with Crippen LogP contribution < -0.4 is 14.8 Å². The first kappa shape index (κ1) is 15.1. The molecule has 4 nitrogen and oxygen atoms in total. The molecule has 1 saturated heterocycles. The summed E-state index contributed by atoms with van der Waals surface area (Å²) >= 11 is 0. The summed E-state index contributed by atoms with van der Waals surface area (Å²) in [5, 5.41) is 3.39. The monoisotopic (exact) mass is 278 g/mol. The molecule has 0 amide bonds. The van der Waals surface area contributed by atoms with Crippen LogP contribution in [0.3, 0.4) is 0 Å². The Morgan fingerprint density at radius 3 is 2.30 bits per heavy atom. The fourth-order valence-electron chi connectivity index (χ4n) is 2.72. The number of hydrogen-bond acceptors (Lipinski definition) is 4. The lowest BCUT2D eigenvalue weighted by Crippen LogP contribution is -2.44. The molecule has 20 heavy (non-hydrogen) atoms. The topological polar surface area (TPSA) is 33.7 Å². The molecule has 0 radical (unpaired) electrons. The number of nitrogens with zero attached hydrogens (tertiary/aromatic N) is 1. The summed E-state index contributed by atoms with van der Waals surface area (Å²) in [5.74, 6) is 1.87. The van der Waals surface area contributed by atoms with Gasteiger partial charge in [-0.25, -0.2) is 0 Å². The molecular formula is C16H26N2O2. The number of aryl methyl sites for hydroxylation is 1. The molecule has 112 valence electrons. The first-order valence-corrected chi connectivity index (χ1v) is 7.45. The van der Waals surface area contributed by atoms with Gasteiger partial charge in [0.2, 0.25) is 0 Å². The molecule has 0 bridgehead atoms. The minimum Gasteiger partial charge on any atom is -0.496 e. The average Bonchev–Trinajstić information content (AvgIpc) is 2.52. The maximum atomic E-state index is 5.52. The number of ether oxygens (including phenoxy) is 2. The predicted molar refractivity (Wildman–Crippen MR) is 81.9 cm³/mol. The highest BCUT2D eigenvalue weighted by Crippen LogP contribution is 2.30. The third-order valence-electron chi connectivity index (χ3n) is 3.97. The summed E-state index contributed by atoms with van der Waals surface area (Å²) in [6, 6.07) is 4.26. The molecule has 0 aromatic heterocycles. The van der Waals surface area contributed by atoms with E-state index in [1.807, 2.05) is 6.07 Å². The van der Waals surface area contributed by atoms with Crippen LogP contribution in [-0.2, 0) is 12.8 Å². The highest BCUT2D eigenvalue weighted by Gasteiger charge is 2.13. The van der Waals surface area contributed by atoms with Crippen LogP contribution in [0, 0.1) is 0 Å². The summed E-state index contributed by atoms with van der Waals surface area (Å²) in [6.45, 7) is 7.72. The molecular weight excluding hydrogens is 252 g/mol. The molecule has 0 aliphatic carbocycles. The van der Waals surface area contributed by atoms with Crippen LogP contribution in [-0.4, -0.2) is 51.8 Å². The van der Waals surface area contributed by atoms with Crippen molar-refractivity contribution in [2.24, 2.45) is 0 Å². The van der Waals surface area contributed by atoms with Gasteiger partial charge in [-0.3, -0.25) is 0 Å². The zero-order valence-corrected chi connectivity index (χ0v) is 12.9. The normalized spacial score (nSPS) is 16.1. The van der Waals surface area contributed by atoms with Crippen molar-refractivity contribution in [3.8, 4) is 11.5 Å². The predicted octanol–water partition coefficient (Wildman–Crippen LogP) is 1.71. The lowest BCUT2D eigenvalue weighted by atomic mass is 10.0. The highest BCUT2D eigenvalue weighted by molar-refractivity contribution is 5.46. The fraction of sp³-hybridized carbons (Fsp3) is 0.625. The summed E-state index contributed by atoms with van der Waals surface area (Å²) in [7, 11) is 3.45. The van der Waals surface area contributed by atoms with E-state index < -0.39 is 0 Å². The molecule has 0 saturated carbocycles. The lowest BCUT2D eigenvalue weighted by molar-refractivity contribution is 0.243. The Morgan fingerprint density at radius 1 is 1.05 bits per heavy atom. The van der Waals surface area contributed by atoms with Gasteiger partial charge in [-0.1, -0.05) is 6.92 Å². The van der Waals surface area contributed by atoms with Crippen molar-refractivity contribution >= 4 is 0 Å². The van der Waals surface area contributed by atoms with Crippen molar-refractivity contribution in [1.82, 2.24) is 10.2 Å². The molecule has 0 unspecified atom stereocenters. The van der Waals surface area contributed by atoms with Gasteiger partial charge in [-0.15, -0.1) is 0 Å². The van der Waals surface area contributed by atoms with E-state index in [9.17, 15) is 0 Å². The van der Waals surface area contributed by atoms with Crippen LogP contribution in [0.4, 0.5) is 0 Å². The Labute approximate surface area is 122 Å². The molecule has 0 spiro atoms. The van der Waals surface area contributed by atoms with Crippen molar-refractivity contribution in [2.45, 2.75) is 19.8 Å². The minimum atomic E-state index is 0.926. The Morgan fingerprint density at radius 2 is 1.70 bits per heavy atom. The van der Waals surface area contributed by atoms with Crippen molar-refractivity contribution in [3.63, 3.8) is 0 Å². The first-order chi connectivity index (χ1) is 9.78. The third kappa shape index (κ3) is 3.64. The Hall–Kier alpha value is -1.26. The first-order valence-electron chi connectivity index (χ1n) is 7.45. The fourth-order valence-corrected chi connectivity index (χ4v) is 2.72. The second-order valence-corrected chi connectivity index (χ2v) is 5.17. The van der Waals surface area contributed by atoms with Gasteiger partial charge < -0.3 is 19.7 Å². The second-order valence-electron chi connectivity index (χ2n) is 5.17. The van der Waals surface area contributed by atoms with Crippen molar-refractivity contribution < 1.29 is 9.47 Å². The molecule has 1 heterocycles. The van der Waals surface area contributed by atoms with E-state index in [2.05, 4.69) is 23.2 Å². The highest BCUT2D eigenvalue weighted by atomic mass is 16.5. The van der Waals surface area contributed by atoms with E-state index in [0.29, 0.717) is 0 Å². The number of rotatable bonds is 6. The van der Waals surface area contributed by atoms with Crippen LogP contribution in [0.5, 0.6) is 11.5 Å². The SMILES string of the molecule is CCc1cc(CCN2CCNCC2)c(OC)cc1OC. The lowest BCUT2D eigenvalue weighted by Gasteiger charge is -2.27. The van der Waals surface area contributed by atoms with Gasteiger partial charge in [-0.05, 0) is 30.0 Å². The second kappa shape index (κ2) is 7.50. The summed E-state index contributed by atoms with van der Waals surface area (Å²) < 4.78 is 10.9. The molecule has 4 heteroatoms. The van der Waals surface area contributed by atoms with Crippen molar-refractivity contribution in [3.05, 3.63) is 23.3 Å². The van der Waals surface area contributed by atoms with Gasteiger partial charge in [0.25, 0.3) is 0 Å². The van der Waals surface area contributed by atoms with E-state index in [1.165, 1.54) is 11.1 Å². The average molecular weight is 278 g/mol. The quantitative estimate of drug-likeness (QED) is 0.859. The minimum absolute atomic E-state index is 0.926. The zero-order chi connectivity index (χ0) is 14.4. The number of methoxy groups -OCH3 is 2. The summed E-state index contributed by atoms with van der Waals surface area (Å²) in [6.07, 6.45) is 2.01. The van der Waals surface area contributed by atoms with Gasteiger partial charge in [0.05, 0.1) is 14.2 Å². The number of piperazine rings is 1. The van der Waals surface area contributed by atoms with E-state index >= 15 is 0 Å². The van der Waals surface area contributed by atoms with Crippen LogP contribution >= 0.6 is 0 Å². The molecule has 1 aliphatic heterocycles. The summed E-state index contributed by atoms with van der Waals surface area (Å²) in [5.41, 5.74) is 2.53. The van der Waals surface area contributed by atoms with Gasteiger partial charge in [0.1, 0.15) is 11.5 Å². The van der Waals surface area contributed by atoms with Gasteiger partial charge in [0.15, 0.2) is 0 Å². The largest absolute Gasteiger partial charge is 0.496 e. The van der Waals surface area contributed by atoms with Crippen LogP contribution in [0.25, 0.3) is 0 Å². The van der Waals surface area contributed by atoms with Gasteiger partial charge in [0, 0.05) is 38.8 Å². The van der Waals surface area contributed by atoms with Crippen LogP contribution in [0.2, 0.25) is 0 Å². The number of hydrogen-bond donors (Lipinski definition) is 1. The standard InChI is InChI=1S/C16H26N2O2/c1-4-13-11-14(16(20-3)12-15(13)19-2)5-8-18-9-6-17-7-10-18/h11-12,17H,4-10H2,1-3H3. The molecule has 2 rings (SSSR count). The number of nitrogens with one attached hydrogen (secondary N) is 1. The molecule has 1 fully saturated rings. The number of benzene rings is 1. The van der Waals surface area contributed by atoms with Gasteiger partial charge in [-0.2, -0.15) is 0 Å². The third-order valence-corrected chi connectivity index (χ3v) is 3.97. The molecule has 1 aromatic carbocycles. The van der Waals surface area contributed by atoms with E-state index in [-0.39, 0.29) is 0 Å². The van der Waals surface area contributed by atoms with Gasteiger partial charge >= 0.3 is 0 Å². The molecule has 1 aromatic rings. The van der Waals surface area contributed by atoms with E-state index in [1.54, 1.807) is 14.2 Å². The molecule has 1 N–H and O–H groups in total. The maximum Gasteiger partial charge on any atom is 0.125 e. The van der Waals surface area contributed by atoms with Crippen molar-refractivity contribution in [2.75, 3.05) is 46.9 Å². The van der Waals surface area contributed by atoms with E-state index in [0.717, 1.165) is 57.1 Å². The van der Waals surface area contributed by atoms with Crippen LogP contribution in [0.1, 0.15) is 18.1 Å². The molecule has 1 aliphatic rings. The Bertz CT molecular complexity index is 429. The van der Waals surface area contributed by atoms with Crippen molar-refractivity contribution in [1.29, 1.82) is 0 Å². The Balaban J connectivity index is 2.08. The molecule has 0 atom stereocenters. The van der Waals surface area contributed by atoms with E-state index in [4.69, 9.17) is 9.47 Å². The van der Waals surface area contributed by atoms with Crippen LogP contribution in [0.15, 0.2) is 12.1 Å². The Kier molecular flexibility index (Phi) is 5.68.